The fourth-order valence-corrected chi connectivity index (χ4v) is 3.84. The van der Waals surface area contributed by atoms with Crippen molar-refractivity contribution in [3.63, 3.8) is 0 Å². The van der Waals surface area contributed by atoms with Crippen molar-refractivity contribution in [3.05, 3.63) is 95.7 Å². The molecule has 1 amide bonds. The van der Waals surface area contributed by atoms with E-state index in [0.29, 0.717) is 17.9 Å². The number of nitrogens with one attached hydrogen (secondary N) is 2. The number of amides is 1. The first-order valence-electron chi connectivity index (χ1n) is 10.7. The maximum Gasteiger partial charge on any atom is 0.260 e. The SMILES string of the molecule is COc1ccc(C(CNC(=O)C(C)Oc2ccc(C#N)cc2)c2c[nH]c3ccccc23)cc1. The molecule has 0 fully saturated rings. The highest BCUT2D eigenvalue weighted by Crippen LogP contribution is 2.31. The minimum Gasteiger partial charge on any atom is -0.497 e. The van der Waals surface area contributed by atoms with Crippen molar-refractivity contribution in [3.8, 4) is 17.6 Å². The molecule has 6 nitrogen and oxygen atoms in total. The number of nitriles is 1. The van der Waals surface area contributed by atoms with Gasteiger partial charge in [-0.25, -0.2) is 0 Å². The molecule has 4 aromatic rings. The number of aromatic amines is 1. The van der Waals surface area contributed by atoms with Gasteiger partial charge in [0, 0.05) is 29.6 Å². The highest BCUT2D eigenvalue weighted by atomic mass is 16.5. The van der Waals surface area contributed by atoms with Crippen molar-refractivity contribution in [2.75, 3.05) is 13.7 Å². The molecular formula is C27H25N3O3. The number of benzene rings is 3. The summed E-state index contributed by atoms with van der Waals surface area (Å²) in [6, 6.07) is 24.8. The second-order valence-electron chi connectivity index (χ2n) is 7.76. The number of H-pyrrole nitrogens is 1. The highest BCUT2D eigenvalue weighted by Gasteiger charge is 2.21. The van der Waals surface area contributed by atoms with Crippen molar-refractivity contribution in [1.29, 1.82) is 5.26 Å². The van der Waals surface area contributed by atoms with Crippen LogP contribution >= 0.6 is 0 Å². The number of nitrogens with zero attached hydrogens (tertiary/aromatic N) is 1. The minimum atomic E-state index is -0.683. The second-order valence-corrected chi connectivity index (χ2v) is 7.76. The number of ether oxygens (including phenoxy) is 2. The first-order chi connectivity index (χ1) is 16.1. The van der Waals surface area contributed by atoms with Crippen LogP contribution in [0, 0.1) is 11.3 Å². The second kappa shape index (κ2) is 9.92. The molecule has 2 unspecified atom stereocenters. The van der Waals surface area contributed by atoms with E-state index in [1.54, 1.807) is 38.3 Å². The van der Waals surface area contributed by atoms with Gasteiger partial charge in [0.2, 0.25) is 0 Å². The van der Waals surface area contributed by atoms with Gasteiger partial charge >= 0.3 is 0 Å². The van der Waals surface area contributed by atoms with Crippen LogP contribution in [0.2, 0.25) is 0 Å². The average molecular weight is 440 g/mol. The zero-order chi connectivity index (χ0) is 23.2. The van der Waals surface area contributed by atoms with E-state index in [9.17, 15) is 4.79 Å². The number of para-hydroxylation sites is 1. The molecule has 6 heteroatoms. The molecule has 0 aliphatic carbocycles. The number of rotatable bonds is 8. The summed E-state index contributed by atoms with van der Waals surface area (Å²) in [6.07, 6.45) is 1.32. The Hall–Kier alpha value is -4.24. The largest absolute Gasteiger partial charge is 0.497 e. The Kier molecular flexibility index (Phi) is 6.61. The number of hydrogen-bond donors (Lipinski definition) is 2. The molecule has 1 heterocycles. The van der Waals surface area contributed by atoms with E-state index in [0.717, 1.165) is 27.8 Å². The number of aromatic nitrogens is 1. The molecule has 0 saturated heterocycles. The maximum atomic E-state index is 12.8. The van der Waals surface area contributed by atoms with E-state index in [1.165, 1.54) is 0 Å². The summed E-state index contributed by atoms with van der Waals surface area (Å²) in [5, 5.41) is 13.1. The topological polar surface area (TPSA) is 87.1 Å². The number of fused-ring (bicyclic) bond motifs is 1. The standard InChI is InChI=1S/C27H25N3O3/c1-18(33-22-11-7-19(15-28)8-12-22)27(31)30-16-24(20-9-13-21(32-2)14-10-20)25-17-29-26-6-4-3-5-23(25)26/h3-14,17-18,24,29H,16H2,1-2H3,(H,30,31). The highest BCUT2D eigenvalue weighted by molar-refractivity contribution is 5.85. The molecule has 3 aromatic carbocycles. The predicted molar refractivity (Wildman–Crippen MR) is 127 cm³/mol. The van der Waals surface area contributed by atoms with Crippen molar-refractivity contribution >= 4 is 16.8 Å². The normalized spacial score (nSPS) is 12.5. The molecule has 0 aliphatic heterocycles. The number of carbonyl (C=O) groups is 1. The molecule has 33 heavy (non-hydrogen) atoms. The fraction of sp³-hybridized carbons (Fsp3) is 0.185. The molecule has 0 spiro atoms. The lowest BCUT2D eigenvalue weighted by Gasteiger charge is -2.20. The van der Waals surface area contributed by atoms with Crippen LogP contribution in [0.1, 0.15) is 29.5 Å². The molecule has 166 valence electrons. The Morgan fingerprint density at radius 2 is 1.73 bits per heavy atom. The zero-order valence-electron chi connectivity index (χ0n) is 18.5. The summed E-state index contributed by atoms with van der Waals surface area (Å²) < 4.78 is 11.1. The van der Waals surface area contributed by atoms with Gasteiger partial charge in [-0.3, -0.25) is 4.79 Å². The number of carbonyl (C=O) groups excluding carboxylic acids is 1. The van der Waals surface area contributed by atoms with Crippen molar-refractivity contribution in [2.24, 2.45) is 0 Å². The van der Waals surface area contributed by atoms with Gasteiger partial charge in [0.15, 0.2) is 6.10 Å². The van der Waals surface area contributed by atoms with E-state index in [4.69, 9.17) is 14.7 Å². The van der Waals surface area contributed by atoms with Crippen LogP contribution < -0.4 is 14.8 Å². The summed E-state index contributed by atoms with van der Waals surface area (Å²) in [7, 11) is 1.64. The van der Waals surface area contributed by atoms with Crippen LogP contribution in [-0.4, -0.2) is 30.6 Å². The van der Waals surface area contributed by atoms with Gasteiger partial charge in [-0.05, 0) is 60.5 Å². The van der Waals surface area contributed by atoms with Crippen molar-refractivity contribution < 1.29 is 14.3 Å². The average Bonchev–Trinajstić information content (AvgIpc) is 3.29. The van der Waals surface area contributed by atoms with E-state index in [2.05, 4.69) is 22.4 Å². The molecule has 2 N–H and O–H groups in total. The molecular weight excluding hydrogens is 414 g/mol. The smallest absolute Gasteiger partial charge is 0.260 e. The molecule has 0 bridgehead atoms. The Labute approximate surface area is 192 Å². The quantitative estimate of drug-likeness (QED) is 0.414. The maximum absolute atomic E-state index is 12.8. The Morgan fingerprint density at radius 3 is 2.42 bits per heavy atom. The van der Waals surface area contributed by atoms with Crippen molar-refractivity contribution in [2.45, 2.75) is 18.9 Å². The van der Waals surface area contributed by atoms with Crippen LogP contribution in [0.3, 0.4) is 0 Å². The molecule has 2 atom stereocenters. The van der Waals surface area contributed by atoms with Gasteiger partial charge in [0.25, 0.3) is 5.91 Å². The molecule has 0 saturated carbocycles. The van der Waals surface area contributed by atoms with Gasteiger partial charge in [0.1, 0.15) is 11.5 Å². The van der Waals surface area contributed by atoms with Crippen LogP contribution in [0.5, 0.6) is 11.5 Å². The molecule has 1 aromatic heterocycles. The van der Waals surface area contributed by atoms with E-state index in [1.807, 2.05) is 48.7 Å². The van der Waals surface area contributed by atoms with Gasteiger partial charge in [-0.2, -0.15) is 5.26 Å². The van der Waals surface area contributed by atoms with Crippen LogP contribution in [-0.2, 0) is 4.79 Å². The summed E-state index contributed by atoms with van der Waals surface area (Å²) >= 11 is 0. The van der Waals surface area contributed by atoms with E-state index < -0.39 is 6.10 Å². The Morgan fingerprint density at radius 1 is 1.03 bits per heavy atom. The third-order valence-electron chi connectivity index (χ3n) is 5.66. The molecule has 0 radical (unpaired) electrons. The fourth-order valence-electron chi connectivity index (χ4n) is 3.84. The Balaban J connectivity index is 1.52. The monoisotopic (exact) mass is 439 g/mol. The summed E-state index contributed by atoms with van der Waals surface area (Å²) in [5.41, 5.74) is 3.77. The lowest BCUT2D eigenvalue weighted by atomic mass is 9.90. The lowest BCUT2D eigenvalue weighted by Crippen LogP contribution is -2.38. The Bertz CT molecular complexity index is 1270. The van der Waals surface area contributed by atoms with Crippen LogP contribution in [0.15, 0.2) is 79.0 Å². The van der Waals surface area contributed by atoms with Gasteiger partial charge in [0.05, 0.1) is 18.7 Å². The van der Waals surface area contributed by atoms with E-state index in [-0.39, 0.29) is 11.8 Å². The third-order valence-corrected chi connectivity index (χ3v) is 5.66. The molecule has 0 aliphatic rings. The van der Waals surface area contributed by atoms with Crippen LogP contribution in [0.25, 0.3) is 10.9 Å². The van der Waals surface area contributed by atoms with Gasteiger partial charge < -0.3 is 19.8 Å². The van der Waals surface area contributed by atoms with Gasteiger partial charge in [-0.1, -0.05) is 30.3 Å². The third kappa shape index (κ3) is 4.99. The predicted octanol–water partition coefficient (Wildman–Crippen LogP) is 4.76. The van der Waals surface area contributed by atoms with E-state index >= 15 is 0 Å². The number of methoxy groups -OCH3 is 1. The lowest BCUT2D eigenvalue weighted by molar-refractivity contribution is -0.127. The number of hydrogen-bond acceptors (Lipinski definition) is 4. The molecule has 4 rings (SSSR count). The summed E-state index contributed by atoms with van der Waals surface area (Å²) in [6.45, 7) is 2.12. The minimum absolute atomic E-state index is 0.0573. The summed E-state index contributed by atoms with van der Waals surface area (Å²) in [4.78, 5) is 16.2. The van der Waals surface area contributed by atoms with Gasteiger partial charge in [-0.15, -0.1) is 0 Å². The first-order valence-corrected chi connectivity index (χ1v) is 10.7. The zero-order valence-corrected chi connectivity index (χ0v) is 18.5. The van der Waals surface area contributed by atoms with Crippen molar-refractivity contribution in [1.82, 2.24) is 10.3 Å². The van der Waals surface area contributed by atoms with Crippen LogP contribution in [0.4, 0.5) is 0 Å². The first kappa shape index (κ1) is 22.0. The summed E-state index contributed by atoms with van der Waals surface area (Å²) in [5.74, 6) is 1.06.